The molecule has 0 saturated carbocycles. The van der Waals surface area contributed by atoms with Crippen molar-refractivity contribution in [3.63, 3.8) is 0 Å². The largest absolute Gasteiger partial charge is 0.416 e. The van der Waals surface area contributed by atoms with Gasteiger partial charge in [0.05, 0.1) is 16.1 Å². The fourth-order valence-electron chi connectivity index (χ4n) is 1.09. The summed E-state index contributed by atoms with van der Waals surface area (Å²) >= 11 is 6.68. The van der Waals surface area contributed by atoms with Crippen molar-refractivity contribution in [3.8, 4) is 0 Å². The van der Waals surface area contributed by atoms with Gasteiger partial charge in [-0.1, -0.05) is 0 Å². The molecule has 80 valence electrons. The van der Waals surface area contributed by atoms with Gasteiger partial charge < -0.3 is 4.72 Å². The van der Waals surface area contributed by atoms with Crippen LogP contribution in [0, 0.1) is 0 Å². The molecule has 2 nitrogen and oxygen atoms in total. The molecule has 2 rings (SSSR count). The zero-order chi connectivity index (χ0) is 11.1. The molecule has 1 N–H and O–H groups in total. The van der Waals surface area contributed by atoms with Gasteiger partial charge in [-0.3, -0.25) is 0 Å². The molecular formula is C8H4ClF3N2S. The van der Waals surface area contributed by atoms with Crippen LogP contribution in [0.25, 0.3) is 0 Å². The molecule has 0 amide bonds. The lowest BCUT2D eigenvalue weighted by atomic mass is 10.2. The number of rotatable bonds is 0. The summed E-state index contributed by atoms with van der Waals surface area (Å²) < 4.78 is 39.7. The molecule has 0 aromatic heterocycles. The number of fused-ring (bicyclic) bond motifs is 1. The Balaban J connectivity index is 2.47. The van der Waals surface area contributed by atoms with E-state index in [0.717, 1.165) is 24.1 Å². The van der Waals surface area contributed by atoms with E-state index < -0.39 is 11.7 Å². The van der Waals surface area contributed by atoms with E-state index >= 15 is 0 Å². The van der Waals surface area contributed by atoms with E-state index in [1.54, 1.807) is 0 Å². The molecule has 1 aromatic rings. The summed E-state index contributed by atoms with van der Waals surface area (Å²) in [6.07, 6.45) is -4.35. The van der Waals surface area contributed by atoms with Gasteiger partial charge >= 0.3 is 6.18 Å². The molecule has 1 aromatic carbocycles. The molecule has 0 spiro atoms. The first-order chi connectivity index (χ1) is 6.97. The maximum atomic E-state index is 12.4. The summed E-state index contributed by atoms with van der Waals surface area (Å²) in [6, 6.07) is 3.36. The Labute approximate surface area is 92.7 Å². The maximum Gasteiger partial charge on any atom is 0.416 e. The first-order valence-electron chi connectivity index (χ1n) is 3.85. The van der Waals surface area contributed by atoms with Crippen LogP contribution >= 0.6 is 23.5 Å². The number of hydrogen-bond donors (Lipinski definition) is 1. The summed E-state index contributed by atoms with van der Waals surface area (Å²) in [6.45, 7) is 0. The van der Waals surface area contributed by atoms with Crippen LogP contribution in [0.15, 0.2) is 28.1 Å². The smallest absolute Gasteiger partial charge is 0.300 e. The normalized spacial score (nSPS) is 15.3. The molecule has 7 heteroatoms. The van der Waals surface area contributed by atoms with Gasteiger partial charge in [-0.25, -0.2) is 4.99 Å². The van der Waals surface area contributed by atoms with Gasteiger partial charge in [0.1, 0.15) is 0 Å². The number of alkyl halides is 3. The average molecular weight is 253 g/mol. The number of hydrogen-bond acceptors (Lipinski definition) is 3. The lowest BCUT2D eigenvalue weighted by Crippen LogP contribution is -2.12. The van der Waals surface area contributed by atoms with E-state index in [9.17, 15) is 13.2 Å². The molecule has 1 aliphatic heterocycles. The highest BCUT2D eigenvalue weighted by Crippen LogP contribution is 2.37. The van der Waals surface area contributed by atoms with Crippen molar-refractivity contribution in [2.24, 2.45) is 4.99 Å². The lowest BCUT2D eigenvalue weighted by molar-refractivity contribution is -0.137. The highest BCUT2D eigenvalue weighted by molar-refractivity contribution is 7.98. The topological polar surface area (TPSA) is 24.4 Å². The third-order valence-electron chi connectivity index (χ3n) is 1.75. The van der Waals surface area contributed by atoms with E-state index in [1.165, 1.54) is 6.07 Å². The highest BCUT2D eigenvalue weighted by atomic mass is 35.5. The monoisotopic (exact) mass is 252 g/mol. The van der Waals surface area contributed by atoms with Crippen molar-refractivity contribution in [3.05, 3.63) is 23.8 Å². The molecule has 0 atom stereocenters. The number of nitrogens with zero attached hydrogens (tertiary/aromatic N) is 1. The third kappa shape index (κ3) is 2.21. The molecule has 0 fully saturated rings. The van der Waals surface area contributed by atoms with E-state index in [1.807, 2.05) is 0 Å². The van der Waals surface area contributed by atoms with E-state index in [4.69, 9.17) is 11.6 Å². The standard InChI is InChI=1S/C8H4ClF3N2S/c9-7-13-5-3-4(8(10,11)12)1-2-6(5)15-14-7/h1-3H,(H,13,14). The fourth-order valence-corrected chi connectivity index (χ4v) is 1.88. The molecule has 0 saturated heterocycles. The zero-order valence-corrected chi connectivity index (χ0v) is 8.67. The number of aliphatic imine (C=N–C) groups is 1. The second kappa shape index (κ2) is 3.61. The average Bonchev–Trinajstić information content (AvgIpc) is 2.15. The SMILES string of the molecule is FC(F)(F)c1ccc2c(c1)N=C(Cl)NS2. The lowest BCUT2D eigenvalue weighted by Gasteiger charge is -2.14. The Morgan fingerprint density at radius 1 is 1.33 bits per heavy atom. The van der Waals surface area contributed by atoms with Gasteiger partial charge in [-0.05, 0) is 41.7 Å². The fraction of sp³-hybridized carbons (Fsp3) is 0.125. The summed E-state index contributed by atoms with van der Waals surface area (Å²) in [7, 11) is 0. The molecule has 0 unspecified atom stereocenters. The Hall–Kier alpha value is -0.880. The van der Waals surface area contributed by atoms with Crippen LogP contribution in [-0.4, -0.2) is 5.29 Å². The van der Waals surface area contributed by atoms with Gasteiger partial charge in [-0.15, -0.1) is 0 Å². The van der Waals surface area contributed by atoms with Crippen LogP contribution in [0.3, 0.4) is 0 Å². The summed E-state index contributed by atoms with van der Waals surface area (Å²) in [5.74, 6) is 0. The summed E-state index contributed by atoms with van der Waals surface area (Å²) in [5.41, 5.74) is -0.490. The molecular weight excluding hydrogens is 249 g/mol. The van der Waals surface area contributed by atoms with Crippen molar-refractivity contribution in [1.82, 2.24) is 4.72 Å². The van der Waals surface area contributed by atoms with Crippen molar-refractivity contribution in [2.75, 3.05) is 0 Å². The number of nitrogens with one attached hydrogen (secondary N) is 1. The van der Waals surface area contributed by atoms with Gasteiger partial charge in [0, 0.05) is 0 Å². The minimum absolute atomic E-state index is 0.0758. The van der Waals surface area contributed by atoms with Crippen molar-refractivity contribution < 1.29 is 13.2 Å². The maximum absolute atomic E-state index is 12.4. The first kappa shape index (κ1) is 10.6. The van der Waals surface area contributed by atoms with E-state index in [2.05, 4.69) is 9.71 Å². The molecule has 0 bridgehead atoms. The Bertz CT molecular complexity index is 430. The second-order valence-corrected chi connectivity index (χ2v) is 3.99. The minimum atomic E-state index is -4.35. The third-order valence-corrected chi connectivity index (χ3v) is 2.90. The quantitative estimate of drug-likeness (QED) is 0.564. The van der Waals surface area contributed by atoms with Crippen LogP contribution in [0.5, 0.6) is 0 Å². The summed E-state index contributed by atoms with van der Waals surface area (Å²) in [4.78, 5) is 4.39. The highest BCUT2D eigenvalue weighted by Gasteiger charge is 2.31. The van der Waals surface area contributed by atoms with Crippen LogP contribution in [0.4, 0.5) is 18.9 Å². The molecule has 1 aliphatic rings. The van der Waals surface area contributed by atoms with Crippen molar-refractivity contribution in [1.29, 1.82) is 0 Å². The Kier molecular flexibility index (Phi) is 2.56. The molecule has 1 heterocycles. The number of halogens is 4. The molecule has 0 aliphatic carbocycles. The van der Waals surface area contributed by atoms with Gasteiger partial charge in [0.2, 0.25) is 5.29 Å². The van der Waals surface area contributed by atoms with Crippen LogP contribution in [-0.2, 0) is 6.18 Å². The van der Waals surface area contributed by atoms with E-state index in [-0.39, 0.29) is 11.0 Å². The van der Waals surface area contributed by atoms with Crippen molar-refractivity contribution in [2.45, 2.75) is 11.1 Å². The second-order valence-electron chi connectivity index (χ2n) is 2.79. The predicted octanol–water partition coefficient (Wildman–Crippen LogP) is 3.54. The van der Waals surface area contributed by atoms with Crippen molar-refractivity contribution >= 4 is 34.5 Å². The Morgan fingerprint density at radius 2 is 2.07 bits per heavy atom. The number of benzene rings is 1. The van der Waals surface area contributed by atoms with Crippen LogP contribution in [0.1, 0.15) is 5.56 Å². The minimum Gasteiger partial charge on any atom is -0.300 e. The molecule has 0 radical (unpaired) electrons. The summed E-state index contributed by atoms with van der Waals surface area (Å²) in [5, 5.41) is 0.0758. The Morgan fingerprint density at radius 3 is 2.73 bits per heavy atom. The number of amidine groups is 1. The zero-order valence-electron chi connectivity index (χ0n) is 7.10. The first-order valence-corrected chi connectivity index (χ1v) is 5.04. The molecule has 15 heavy (non-hydrogen) atoms. The van der Waals surface area contributed by atoms with Crippen LogP contribution < -0.4 is 4.72 Å². The predicted molar refractivity (Wildman–Crippen MR) is 53.4 cm³/mol. The van der Waals surface area contributed by atoms with Gasteiger partial charge in [-0.2, -0.15) is 13.2 Å². The van der Waals surface area contributed by atoms with E-state index in [0.29, 0.717) is 4.90 Å². The van der Waals surface area contributed by atoms with Gasteiger partial charge in [0.15, 0.2) is 0 Å². The van der Waals surface area contributed by atoms with Crippen LogP contribution in [0.2, 0.25) is 0 Å². The van der Waals surface area contributed by atoms with Gasteiger partial charge in [0.25, 0.3) is 0 Å².